The van der Waals surface area contributed by atoms with Crippen LogP contribution in [0.15, 0.2) is 29.2 Å². The van der Waals surface area contributed by atoms with Crippen LogP contribution in [0.25, 0.3) is 0 Å². The minimum Gasteiger partial charge on any atom is -0.487 e. The van der Waals surface area contributed by atoms with Gasteiger partial charge in [-0.2, -0.15) is 4.98 Å². The van der Waals surface area contributed by atoms with Gasteiger partial charge in [0, 0.05) is 19.2 Å². The van der Waals surface area contributed by atoms with Gasteiger partial charge in [-0.05, 0) is 26.0 Å². The Balaban J connectivity index is 1.92. The molecule has 0 aromatic carbocycles. The van der Waals surface area contributed by atoms with Gasteiger partial charge in [-0.1, -0.05) is 5.16 Å². The van der Waals surface area contributed by atoms with Crippen molar-refractivity contribution >= 4 is 5.82 Å². The molecule has 1 N–H and O–H groups in total. The van der Waals surface area contributed by atoms with Crippen LogP contribution < -0.4 is 10.1 Å². The molecule has 0 saturated carbocycles. The molecule has 0 saturated heterocycles. The van der Waals surface area contributed by atoms with E-state index in [4.69, 9.17) is 4.74 Å². The molecule has 0 amide bonds. The van der Waals surface area contributed by atoms with E-state index in [0.717, 1.165) is 11.6 Å². The number of anilines is 1. The number of nitrogens with one attached hydrogen (secondary N) is 1. The maximum atomic E-state index is 5.66. The zero-order valence-electron chi connectivity index (χ0n) is 10.5. The fourth-order valence-corrected chi connectivity index (χ4v) is 1.47. The van der Waals surface area contributed by atoms with Gasteiger partial charge in [0.25, 0.3) is 0 Å². The molecule has 0 aliphatic heterocycles. The lowest BCUT2D eigenvalue weighted by atomic mass is 10.3. The number of nitrogens with zero attached hydrogens (tertiary/aromatic N) is 3. The second-order valence-corrected chi connectivity index (χ2v) is 4.04. The Hall–Kier alpha value is -2.11. The Kier molecular flexibility index (Phi) is 4.11. The average Bonchev–Trinajstić information content (AvgIpc) is 2.84. The minimum atomic E-state index is 0.118. The molecule has 0 bridgehead atoms. The Labute approximate surface area is 105 Å². The van der Waals surface area contributed by atoms with Gasteiger partial charge in [-0.3, -0.25) is 0 Å². The monoisotopic (exact) mass is 248 g/mol. The van der Waals surface area contributed by atoms with E-state index < -0.39 is 0 Å². The molecule has 2 aromatic rings. The van der Waals surface area contributed by atoms with Crippen LogP contribution in [-0.2, 0) is 6.42 Å². The van der Waals surface area contributed by atoms with Crippen LogP contribution in [0.3, 0.4) is 0 Å². The first kappa shape index (κ1) is 12.3. The van der Waals surface area contributed by atoms with E-state index in [1.165, 1.54) is 6.39 Å². The maximum absolute atomic E-state index is 5.66. The van der Waals surface area contributed by atoms with Gasteiger partial charge in [0.2, 0.25) is 6.39 Å². The molecule has 0 aliphatic rings. The lowest BCUT2D eigenvalue weighted by molar-refractivity contribution is 0.243. The van der Waals surface area contributed by atoms with Crippen LogP contribution in [-0.4, -0.2) is 27.8 Å². The predicted molar refractivity (Wildman–Crippen MR) is 66.5 cm³/mol. The number of aromatic nitrogens is 3. The normalized spacial score (nSPS) is 10.6. The fraction of sp³-hybridized carbons (Fsp3) is 0.417. The number of hydrogen-bond acceptors (Lipinski definition) is 6. The lowest BCUT2D eigenvalue weighted by Crippen LogP contribution is -2.11. The molecular formula is C12H16N4O2. The van der Waals surface area contributed by atoms with Crippen LogP contribution in [0.4, 0.5) is 5.82 Å². The van der Waals surface area contributed by atoms with Crippen LogP contribution in [0.2, 0.25) is 0 Å². The number of pyridine rings is 1. The average molecular weight is 248 g/mol. The van der Waals surface area contributed by atoms with Gasteiger partial charge >= 0.3 is 0 Å². The highest BCUT2D eigenvalue weighted by Crippen LogP contribution is 2.21. The highest BCUT2D eigenvalue weighted by molar-refractivity contribution is 5.49. The molecule has 2 heterocycles. The topological polar surface area (TPSA) is 73.1 Å². The fourth-order valence-electron chi connectivity index (χ4n) is 1.47. The molecule has 0 unspecified atom stereocenters. The zero-order valence-corrected chi connectivity index (χ0v) is 10.5. The quantitative estimate of drug-likeness (QED) is 0.841. The van der Waals surface area contributed by atoms with Crippen molar-refractivity contribution < 1.29 is 9.26 Å². The SMILES string of the molecule is CC(C)Oc1cccnc1NCCc1ncon1. The predicted octanol–water partition coefficient (Wildman–Crippen LogP) is 1.91. The van der Waals surface area contributed by atoms with Crippen molar-refractivity contribution in [2.75, 3.05) is 11.9 Å². The molecule has 0 radical (unpaired) electrons. The Morgan fingerprint density at radius 2 is 2.28 bits per heavy atom. The van der Waals surface area contributed by atoms with Crippen LogP contribution in [0, 0.1) is 0 Å². The van der Waals surface area contributed by atoms with Crippen molar-refractivity contribution in [1.29, 1.82) is 0 Å². The van der Waals surface area contributed by atoms with Gasteiger partial charge in [0.15, 0.2) is 17.4 Å². The van der Waals surface area contributed by atoms with Gasteiger partial charge in [0.1, 0.15) is 0 Å². The molecule has 18 heavy (non-hydrogen) atoms. The molecule has 2 rings (SSSR count). The van der Waals surface area contributed by atoms with Gasteiger partial charge in [0.05, 0.1) is 6.10 Å². The minimum absolute atomic E-state index is 0.118. The highest BCUT2D eigenvalue weighted by Gasteiger charge is 2.06. The molecule has 0 fully saturated rings. The molecule has 0 spiro atoms. The summed E-state index contributed by atoms with van der Waals surface area (Å²) < 4.78 is 10.3. The first-order valence-electron chi connectivity index (χ1n) is 5.86. The molecule has 6 heteroatoms. The summed E-state index contributed by atoms with van der Waals surface area (Å²) in [6.45, 7) is 4.64. The first-order valence-corrected chi connectivity index (χ1v) is 5.86. The third kappa shape index (κ3) is 3.44. The second-order valence-electron chi connectivity index (χ2n) is 4.04. The molecule has 2 aromatic heterocycles. The summed E-state index contributed by atoms with van der Waals surface area (Å²) in [5.74, 6) is 2.15. The largest absolute Gasteiger partial charge is 0.487 e. The molecule has 6 nitrogen and oxygen atoms in total. The second kappa shape index (κ2) is 6.00. The van der Waals surface area contributed by atoms with Crippen molar-refractivity contribution in [2.24, 2.45) is 0 Å². The summed E-state index contributed by atoms with van der Waals surface area (Å²) in [5, 5.41) is 6.94. The van der Waals surface area contributed by atoms with E-state index in [9.17, 15) is 0 Å². The zero-order chi connectivity index (χ0) is 12.8. The van der Waals surface area contributed by atoms with E-state index in [2.05, 4.69) is 25.0 Å². The Bertz CT molecular complexity index is 471. The first-order chi connectivity index (χ1) is 8.75. The Morgan fingerprint density at radius 3 is 3.00 bits per heavy atom. The summed E-state index contributed by atoms with van der Waals surface area (Å²) in [6.07, 6.45) is 3.84. The van der Waals surface area contributed by atoms with Gasteiger partial charge < -0.3 is 14.6 Å². The van der Waals surface area contributed by atoms with E-state index in [1.54, 1.807) is 6.20 Å². The van der Waals surface area contributed by atoms with Crippen LogP contribution in [0.5, 0.6) is 5.75 Å². The van der Waals surface area contributed by atoms with Crippen LogP contribution in [0.1, 0.15) is 19.7 Å². The third-order valence-corrected chi connectivity index (χ3v) is 2.18. The maximum Gasteiger partial charge on any atom is 0.213 e. The molecular weight excluding hydrogens is 232 g/mol. The van der Waals surface area contributed by atoms with Crippen molar-refractivity contribution in [3.8, 4) is 5.75 Å². The van der Waals surface area contributed by atoms with Gasteiger partial charge in [-0.15, -0.1) is 0 Å². The van der Waals surface area contributed by atoms with Crippen LogP contribution >= 0.6 is 0 Å². The summed E-state index contributed by atoms with van der Waals surface area (Å²) in [7, 11) is 0. The number of rotatable bonds is 6. The van der Waals surface area contributed by atoms with Crippen molar-refractivity contribution in [1.82, 2.24) is 15.1 Å². The van der Waals surface area contributed by atoms with Crippen molar-refractivity contribution in [3.63, 3.8) is 0 Å². The molecule has 0 aliphatic carbocycles. The summed E-state index contributed by atoms with van der Waals surface area (Å²) >= 11 is 0. The van der Waals surface area contributed by atoms with E-state index >= 15 is 0 Å². The number of hydrogen-bond donors (Lipinski definition) is 1. The van der Waals surface area contributed by atoms with Gasteiger partial charge in [-0.25, -0.2) is 4.98 Å². The Morgan fingerprint density at radius 1 is 1.39 bits per heavy atom. The lowest BCUT2D eigenvalue weighted by Gasteiger charge is -2.13. The van der Waals surface area contributed by atoms with E-state index in [1.807, 2.05) is 26.0 Å². The standard InChI is InChI=1S/C12H16N4O2/c1-9(2)18-10-4-3-6-13-12(10)14-7-5-11-15-8-17-16-11/h3-4,6,8-9H,5,7H2,1-2H3,(H,13,14). The molecule has 96 valence electrons. The smallest absolute Gasteiger partial charge is 0.213 e. The third-order valence-electron chi connectivity index (χ3n) is 2.18. The molecule has 0 atom stereocenters. The van der Waals surface area contributed by atoms with Crippen molar-refractivity contribution in [3.05, 3.63) is 30.5 Å². The number of ether oxygens (including phenoxy) is 1. The van der Waals surface area contributed by atoms with Crippen molar-refractivity contribution in [2.45, 2.75) is 26.4 Å². The summed E-state index contributed by atoms with van der Waals surface area (Å²) in [5.41, 5.74) is 0. The van der Waals surface area contributed by atoms with E-state index in [-0.39, 0.29) is 6.10 Å². The van der Waals surface area contributed by atoms with E-state index in [0.29, 0.717) is 18.8 Å². The highest BCUT2D eigenvalue weighted by atomic mass is 16.5. The summed E-state index contributed by atoms with van der Waals surface area (Å²) in [6, 6.07) is 3.74. The summed E-state index contributed by atoms with van der Waals surface area (Å²) in [4.78, 5) is 8.20.